The van der Waals surface area contributed by atoms with Gasteiger partial charge in [-0.1, -0.05) is 46.4 Å². The van der Waals surface area contributed by atoms with Crippen LogP contribution in [-0.4, -0.2) is 33.9 Å². The first-order valence-corrected chi connectivity index (χ1v) is 23.1. The van der Waals surface area contributed by atoms with Crippen molar-refractivity contribution in [3.05, 3.63) is 171 Å². The van der Waals surface area contributed by atoms with E-state index in [0.29, 0.717) is 56.2 Å². The molecule has 0 aliphatic carbocycles. The van der Waals surface area contributed by atoms with Gasteiger partial charge in [0, 0.05) is 60.7 Å². The predicted octanol–water partition coefficient (Wildman–Crippen LogP) is 13.2. The molecule has 2 N–H and O–H groups in total. The highest BCUT2D eigenvalue weighted by Crippen LogP contribution is 2.37. The minimum Gasteiger partial charge on any atom is -0.494 e. The fraction of sp³-hybridized carbons (Fsp3) is 0.0667. The molecular weight excluding hydrogens is 952 g/mol. The summed E-state index contributed by atoms with van der Waals surface area (Å²) in [6, 6.07) is 31.2. The number of nitrogens with zero attached hydrogens (tertiary/aromatic N) is 2. The summed E-state index contributed by atoms with van der Waals surface area (Å²) in [5.74, 6) is 0.948. The number of halogens is 6. The van der Waals surface area contributed by atoms with E-state index in [4.69, 9.17) is 60.6 Å². The first-order valence-electron chi connectivity index (χ1n) is 18.6. The summed E-state index contributed by atoms with van der Waals surface area (Å²) in [5, 5.41) is 1.72. The van der Waals surface area contributed by atoms with Crippen LogP contribution in [0.4, 0.5) is 20.2 Å². The second-order valence-electron chi connectivity index (χ2n) is 13.8. The average molecular weight is 985 g/mol. The molecule has 6 aromatic carbocycles. The topological polar surface area (TPSA) is 146 Å². The van der Waals surface area contributed by atoms with E-state index in [2.05, 4.69) is 19.4 Å². The number of anilines is 2. The van der Waals surface area contributed by atoms with Crippen LogP contribution in [0.5, 0.6) is 28.7 Å². The molecule has 64 heavy (non-hydrogen) atoms. The summed E-state index contributed by atoms with van der Waals surface area (Å²) in [6.07, 6.45) is 0. The smallest absolute Gasteiger partial charge is 0.265 e. The van der Waals surface area contributed by atoms with Crippen molar-refractivity contribution in [2.75, 3.05) is 16.6 Å². The first-order chi connectivity index (χ1) is 30.3. The Bertz CT molecular complexity index is 3280. The number of methoxy groups -OCH3 is 1. The highest BCUT2D eigenvalue weighted by atomic mass is 35.5. The molecule has 0 aliphatic heterocycles. The minimum absolute atomic E-state index is 0.0133. The quantitative estimate of drug-likeness (QED) is 0.129. The molecule has 0 radical (unpaired) electrons. The van der Waals surface area contributed by atoms with Gasteiger partial charge in [0.1, 0.15) is 39.5 Å². The average Bonchev–Trinajstić information content (AvgIpc) is 3.22. The van der Waals surface area contributed by atoms with E-state index in [1.165, 1.54) is 73.8 Å². The van der Waals surface area contributed by atoms with Gasteiger partial charge < -0.3 is 14.2 Å². The number of aryl methyl sites for hydroxylation is 2. The summed E-state index contributed by atoms with van der Waals surface area (Å²) in [4.78, 5) is 8.51. The lowest BCUT2D eigenvalue weighted by Gasteiger charge is -2.14. The zero-order valence-electron chi connectivity index (χ0n) is 33.5. The fourth-order valence-corrected chi connectivity index (χ4v) is 9.98. The van der Waals surface area contributed by atoms with Crippen LogP contribution in [0.25, 0.3) is 21.8 Å². The van der Waals surface area contributed by atoms with E-state index in [0.717, 1.165) is 5.69 Å². The van der Waals surface area contributed by atoms with Crippen molar-refractivity contribution in [3.8, 4) is 28.7 Å². The Morgan fingerprint density at radius 1 is 0.531 bits per heavy atom. The second-order valence-corrected chi connectivity index (χ2v) is 18.9. The normalized spacial score (nSPS) is 11.5. The largest absolute Gasteiger partial charge is 0.494 e. The number of rotatable bonds is 11. The lowest BCUT2D eigenvalue weighted by atomic mass is 10.2. The summed E-state index contributed by atoms with van der Waals surface area (Å²) in [5.41, 5.74) is 3.25. The Labute approximate surface area is 386 Å². The molecule has 19 heteroatoms. The number of pyridine rings is 2. The second kappa shape index (κ2) is 19.0. The van der Waals surface area contributed by atoms with Crippen LogP contribution in [0.3, 0.4) is 0 Å². The third kappa shape index (κ3) is 11.0. The molecule has 0 fully saturated rings. The lowest BCUT2D eigenvalue weighted by Crippen LogP contribution is -2.14. The Hall–Kier alpha value is -5.94. The lowest BCUT2D eigenvalue weighted by molar-refractivity contribution is 0.403. The first kappa shape index (κ1) is 46.1. The standard InChI is InChI=1S/C23H17Cl2FN2O4S.C22H15Cl2FN2O3S/c1-13-9-21(18-12-15(26)3-8-20(18)27-13)32-17-6-4-16(5-7-17)28-33(29,30)22-11-14(24)10-19(25)23(22)31-2;1-13-8-22(20-12-16(25)2-7-21(20)26-13)30-18-5-3-17(4-6-18)27-31(28,29)19-10-14(23)9-15(24)11-19/h3-12,28H,1-2H3;2-12,27H,1H3. The number of aromatic nitrogens is 2. The Kier molecular flexibility index (Phi) is 13.7. The molecular formula is C45H32Cl4F2N4O7S2. The molecule has 11 nitrogen and oxygen atoms in total. The van der Waals surface area contributed by atoms with Gasteiger partial charge >= 0.3 is 0 Å². The maximum absolute atomic E-state index is 13.7. The monoisotopic (exact) mass is 982 g/mol. The maximum atomic E-state index is 13.7. The van der Waals surface area contributed by atoms with Gasteiger partial charge in [-0.2, -0.15) is 0 Å². The number of hydrogen-bond donors (Lipinski definition) is 2. The zero-order valence-corrected chi connectivity index (χ0v) is 38.1. The Morgan fingerprint density at radius 2 is 0.969 bits per heavy atom. The van der Waals surface area contributed by atoms with Crippen LogP contribution in [0.15, 0.2) is 137 Å². The van der Waals surface area contributed by atoms with Gasteiger partial charge in [0.15, 0.2) is 5.75 Å². The highest BCUT2D eigenvalue weighted by Gasteiger charge is 2.23. The van der Waals surface area contributed by atoms with E-state index < -0.39 is 31.7 Å². The van der Waals surface area contributed by atoms with E-state index in [-0.39, 0.29) is 41.3 Å². The van der Waals surface area contributed by atoms with Crippen molar-refractivity contribution in [1.29, 1.82) is 0 Å². The van der Waals surface area contributed by atoms with Crippen molar-refractivity contribution >= 4 is 99.6 Å². The number of benzene rings is 6. The summed E-state index contributed by atoms with van der Waals surface area (Å²) < 4.78 is 100. The highest BCUT2D eigenvalue weighted by molar-refractivity contribution is 7.93. The summed E-state index contributed by atoms with van der Waals surface area (Å²) >= 11 is 23.8. The predicted molar refractivity (Wildman–Crippen MR) is 247 cm³/mol. The van der Waals surface area contributed by atoms with E-state index in [1.54, 1.807) is 60.7 Å². The van der Waals surface area contributed by atoms with Crippen molar-refractivity contribution in [2.45, 2.75) is 23.6 Å². The third-order valence-corrected chi connectivity index (χ3v) is 12.7. The third-order valence-electron chi connectivity index (χ3n) is 9.00. The SMILES string of the molecule is COc1c(Cl)cc(Cl)cc1S(=O)(=O)Nc1ccc(Oc2cc(C)nc3ccc(F)cc23)cc1.Cc1cc(Oc2ccc(NS(=O)(=O)c3cc(Cl)cc(Cl)c3)cc2)c2cc(F)ccc2n1. The summed E-state index contributed by atoms with van der Waals surface area (Å²) in [7, 11) is -6.61. The Morgan fingerprint density at radius 3 is 1.42 bits per heavy atom. The molecule has 2 aromatic heterocycles. The number of sulfonamides is 2. The van der Waals surface area contributed by atoms with Crippen molar-refractivity contribution in [2.24, 2.45) is 0 Å². The molecule has 0 amide bonds. The van der Waals surface area contributed by atoms with Gasteiger partial charge in [-0.15, -0.1) is 0 Å². The van der Waals surface area contributed by atoms with Crippen LogP contribution >= 0.6 is 46.4 Å². The van der Waals surface area contributed by atoms with E-state index >= 15 is 0 Å². The molecule has 328 valence electrons. The van der Waals surface area contributed by atoms with E-state index in [1.807, 2.05) is 13.8 Å². The van der Waals surface area contributed by atoms with Crippen LogP contribution < -0.4 is 23.7 Å². The van der Waals surface area contributed by atoms with Gasteiger partial charge in [-0.3, -0.25) is 19.4 Å². The molecule has 0 bridgehead atoms. The van der Waals surface area contributed by atoms with Crippen LogP contribution in [0, 0.1) is 25.5 Å². The fourth-order valence-electron chi connectivity index (χ4n) is 6.23. The van der Waals surface area contributed by atoms with Crippen molar-refractivity contribution < 1.29 is 39.8 Å². The molecule has 0 aliphatic rings. The molecule has 0 atom stereocenters. The van der Waals surface area contributed by atoms with Gasteiger partial charge in [-0.05, 0) is 129 Å². The molecule has 0 unspecified atom stereocenters. The number of ether oxygens (including phenoxy) is 3. The van der Waals surface area contributed by atoms with Crippen molar-refractivity contribution in [3.63, 3.8) is 0 Å². The minimum atomic E-state index is -4.05. The van der Waals surface area contributed by atoms with Crippen molar-refractivity contribution in [1.82, 2.24) is 9.97 Å². The number of hydrogen-bond acceptors (Lipinski definition) is 9. The van der Waals surface area contributed by atoms with Crippen LogP contribution in [-0.2, 0) is 20.0 Å². The molecule has 8 aromatic rings. The zero-order chi connectivity index (χ0) is 45.9. The molecule has 2 heterocycles. The molecule has 0 spiro atoms. The number of fused-ring (bicyclic) bond motifs is 2. The number of nitrogens with one attached hydrogen (secondary N) is 2. The maximum Gasteiger partial charge on any atom is 0.265 e. The van der Waals surface area contributed by atoms with Crippen LogP contribution in [0.1, 0.15) is 11.4 Å². The van der Waals surface area contributed by atoms with Crippen LogP contribution in [0.2, 0.25) is 20.1 Å². The molecule has 8 rings (SSSR count). The van der Waals surface area contributed by atoms with E-state index in [9.17, 15) is 25.6 Å². The Balaban J connectivity index is 0.000000192. The van der Waals surface area contributed by atoms with Gasteiger partial charge in [-0.25, -0.2) is 25.6 Å². The van der Waals surface area contributed by atoms with Gasteiger partial charge in [0.25, 0.3) is 20.0 Å². The van der Waals surface area contributed by atoms with Gasteiger partial charge in [0.05, 0.1) is 28.1 Å². The molecule has 0 saturated heterocycles. The summed E-state index contributed by atoms with van der Waals surface area (Å²) in [6.45, 7) is 3.62. The van der Waals surface area contributed by atoms with Gasteiger partial charge in [0.2, 0.25) is 0 Å². The molecule has 0 saturated carbocycles.